The quantitative estimate of drug-likeness (QED) is 0.709. The Morgan fingerprint density at radius 3 is 2.11 bits per heavy atom. The minimum atomic E-state index is 0.177. The van der Waals surface area contributed by atoms with E-state index in [1.165, 1.54) is 5.57 Å². The molecule has 0 amide bonds. The van der Waals surface area contributed by atoms with Gasteiger partial charge >= 0.3 is 0 Å². The first-order valence-corrected chi connectivity index (χ1v) is 6.12. The lowest BCUT2D eigenvalue weighted by Gasteiger charge is -2.16. The molecule has 0 aromatic heterocycles. The summed E-state index contributed by atoms with van der Waals surface area (Å²) in [5.74, 6) is 1.37. The minimum absolute atomic E-state index is 0.177. The average molecular weight is 266 g/mol. The summed E-state index contributed by atoms with van der Waals surface area (Å²) in [6, 6.07) is 4.01. The molecule has 1 aromatic rings. The zero-order chi connectivity index (χ0) is 14.3. The molecule has 0 N–H and O–H groups in total. The van der Waals surface area contributed by atoms with E-state index in [0.29, 0.717) is 11.5 Å². The minimum Gasteiger partial charge on any atom is -0.463 e. The summed E-state index contributed by atoms with van der Waals surface area (Å²) < 4.78 is 21.2. The number of ether oxygens (including phenoxy) is 4. The van der Waals surface area contributed by atoms with Gasteiger partial charge in [0.05, 0.1) is 0 Å². The first-order valence-electron chi connectivity index (χ1n) is 6.12. The first-order chi connectivity index (χ1) is 9.10. The molecule has 0 fully saturated rings. The second kappa shape index (κ2) is 7.81. The van der Waals surface area contributed by atoms with E-state index in [1.807, 2.05) is 39.0 Å². The van der Waals surface area contributed by atoms with E-state index in [1.54, 1.807) is 14.2 Å². The Bertz CT molecular complexity index is 434. The molecule has 0 saturated heterocycles. The summed E-state index contributed by atoms with van der Waals surface area (Å²) in [4.78, 5) is 0. The van der Waals surface area contributed by atoms with E-state index in [2.05, 4.69) is 0 Å². The van der Waals surface area contributed by atoms with E-state index in [4.69, 9.17) is 18.9 Å². The predicted octanol–water partition coefficient (Wildman–Crippen LogP) is 3.38. The molecule has 0 radical (unpaired) electrons. The molecule has 0 heterocycles. The summed E-state index contributed by atoms with van der Waals surface area (Å²) in [5.41, 5.74) is 3.15. The zero-order valence-electron chi connectivity index (χ0n) is 12.3. The van der Waals surface area contributed by atoms with Crippen LogP contribution in [0.1, 0.15) is 25.0 Å². The largest absolute Gasteiger partial charge is 0.463 e. The third kappa shape index (κ3) is 4.58. The van der Waals surface area contributed by atoms with E-state index in [0.717, 1.165) is 11.1 Å². The summed E-state index contributed by atoms with van der Waals surface area (Å²) >= 11 is 0. The van der Waals surface area contributed by atoms with Gasteiger partial charge in [0.1, 0.15) is 0 Å². The van der Waals surface area contributed by atoms with Gasteiger partial charge < -0.3 is 18.9 Å². The lowest BCUT2D eigenvalue weighted by Crippen LogP contribution is -2.06. The molecule has 4 nitrogen and oxygen atoms in total. The van der Waals surface area contributed by atoms with E-state index < -0.39 is 0 Å². The highest BCUT2D eigenvalue weighted by Crippen LogP contribution is 2.36. The van der Waals surface area contributed by atoms with Gasteiger partial charge in [-0.3, -0.25) is 0 Å². The van der Waals surface area contributed by atoms with Crippen molar-refractivity contribution in [1.82, 2.24) is 0 Å². The lowest BCUT2D eigenvalue weighted by molar-refractivity contribution is 0.0317. The molecule has 0 aliphatic heterocycles. The molecule has 1 rings (SSSR count). The monoisotopic (exact) mass is 266 g/mol. The second-order valence-electron chi connectivity index (χ2n) is 4.45. The maximum absolute atomic E-state index is 5.65. The van der Waals surface area contributed by atoms with E-state index >= 15 is 0 Å². The van der Waals surface area contributed by atoms with Gasteiger partial charge in [-0.2, -0.15) is 0 Å². The summed E-state index contributed by atoms with van der Waals surface area (Å²) in [5, 5.41) is 0. The first kappa shape index (κ1) is 15.5. The van der Waals surface area contributed by atoms with Gasteiger partial charge in [-0.15, -0.1) is 0 Å². The number of benzene rings is 1. The fourth-order valence-electron chi connectivity index (χ4n) is 1.66. The highest BCUT2D eigenvalue weighted by molar-refractivity contribution is 5.65. The van der Waals surface area contributed by atoms with Crippen LogP contribution in [0.4, 0.5) is 0 Å². The Morgan fingerprint density at radius 1 is 1.00 bits per heavy atom. The predicted molar refractivity (Wildman–Crippen MR) is 75.5 cm³/mol. The highest BCUT2D eigenvalue weighted by Gasteiger charge is 2.13. The smallest absolute Gasteiger partial charge is 0.188 e. The zero-order valence-corrected chi connectivity index (χ0v) is 12.3. The number of aryl methyl sites for hydroxylation is 1. The Kier molecular flexibility index (Phi) is 6.39. The van der Waals surface area contributed by atoms with Crippen LogP contribution in [0.3, 0.4) is 0 Å². The highest BCUT2D eigenvalue weighted by atomic mass is 16.7. The number of hydrogen-bond acceptors (Lipinski definition) is 4. The SMILES string of the molecule is COCOc1c(C)ccc(C=C(C)C)c1OCOC. The molecular formula is C15H22O4. The van der Waals surface area contributed by atoms with Crippen molar-refractivity contribution in [3.05, 3.63) is 28.8 Å². The van der Waals surface area contributed by atoms with Crippen LogP contribution >= 0.6 is 0 Å². The van der Waals surface area contributed by atoms with Crippen molar-refractivity contribution in [2.24, 2.45) is 0 Å². The lowest BCUT2D eigenvalue weighted by atomic mass is 10.1. The third-order valence-electron chi connectivity index (χ3n) is 2.43. The van der Waals surface area contributed by atoms with Crippen molar-refractivity contribution >= 4 is 6.08 Å². The van der Waals surface area contributed by atoms with Crippen molar-refractivity contribution in [1.29, 1.82) is 0 Å². The van der Waals surface area contributed by atoms with Crippen molar-refractivity contribution in [2.45, 2.75) is 20.8 Å². The summed E-state index contributed by atoms with van der Waals surface area (Å²) in [6.45, 7) is 6.40. The van der Waals surface area contributed by atoms with E-state index in [9.17, 15) is 0 Å². The fourth-order valence-corrected chi connectivity index (χ4v) is 1.66. The number of rotatable bonds is 7. The number of allylic oxidation sites excluding steroid dienone is 1. The topological polar surface area (TPSA) is 36.9 Å². The van der Waals surface area contributed by atoms with Crippen LogP contribution in [-0.2, 0) is 9.47 Å². The normalized spacial score (nSPS) is 10.2. The van der Waals surface area contributed by atoms with Gasteiger partial charge in [0.25, 0.3) is 0 Å². The molecule has 0 unspecified atom stereocenters. The molecule has 0 bridgehead atoms. The maximum atomic E-state index is 5.65. The summed E-state index contributed by atoms with van der Waals surface area (Å²) in [6.07, 6.45) is 2.05. The molecule has 0 saturated carbocycles. The molecule has 0 aliphatic carbocycles. The van der Waals surface area contributed by atoms with Gasteiger partial charge in [-0.1, -0.05) is 23.8 Å². The van der Waals surface area contributed by atoms with Crippen LogP contribution in [0.15, 0.2) is 17.7 Å². The molecule has 0 aliphatic rings. The Hall–Kier alpha value is -1.52. The van der Waals surface area contributed by atoms with Crippen LogP contribution in [0.2, 0.25) is 0 Å². The molecule has 106 valence electrons. The van der Waals surface area contributed by atoms with Crippen LogP contribution in [0.25, 0.3) is 6.08 Å². The van der Waals surface area contributed by atoms with Crippen molar-refractivity contribution in [2.75, 3.05) is 27.8 Å². The third-order valence-corrected chi connectivity index (χ3v) is 2.43. The number of methoxy groups -OCH3 is 2. The Balaban J connectivity index is 3.19. The Morgan fingerprint density at radius 2 is 1.58 bits per heavy atom. The van der Waals surface area contributed by atoms with Gasteiger partial charge in [0, 0.05) is 19.8 Å². The van der Waals surface area contributed by atoms with Crippen molar-refractivity contribution in [3.8, 4) is 11.5 Å². The molecule has 4 heteroatoms. The molecule has 1 aromatic carbocycles. The van der Waals surface area contributed by atoms with Gasteiger partial charge in [-0.05, 0) is 26.3 Å². The number of hydrogen-bond donors (Lipinski definition) is 0. The van der Waals surface area contributed by atoms with Crippen molar-refractivity contribution in [3.63, 3.8) is 0 Å². The van der Waals surface area contributed by atoms with Gasteiger partial charge in [0.15, 0.2) is 25.1 Å². The second-order valence-corrected chi connectivity index (χ2v) is 4.45. The van der Waals surface area contributed by atoms with Crippen LogP contribution in [-0.4, -0.2) is 27.8 Å². The molecule has 0 spiro atoms. The molecule has 19 heavy (non-hydrogen) atoms. The van der Waals surface area contributed by atoms with Crippen LogP contribution in [0, 0.1) is 6.92 Å². The van der Waals surface area contributed by atoms with Gasteiger partial charge in [-0.25, -0.2) is 0 Å². The Labute approximate surface area is 114 Å². The fraction of sp³-hybridized carbons (Fsp3) is 0.467. The van der Waals surface area contributed by atoms with Crippen LogP contribution in [0.5, 0.6) is 11.5 Å². The summed E-state index contributed by atoms with van der Waals surface area (Å²) in [7, 11) is 3.18. The standard InChI is InChI=1S/C15H22O4/c1-11(2)8-13-7-6-12(3)14(18-9-16-4)15(13)19-10-17-5/h6-8H,9-10H2,1-5H3. The van der Waals surface area contributed by atoms with E-state index in [-0.39, 0.29) is 13.6 Å². The molecule has 0 atom stereocenters. The maximum Gasteiger partial charge on any atom is 0.188 e. The van der Waals surface area contributed by atoms with Crippen molar-refractivity contribution < 1.29 is 18.9 Å². The van der Waals surface area contributed by atoms with Crippen LogP contribution < -0.4 is 9.47 Å². The molecular weight excluding hydrogens is 244 g/mol. The van der Waals surface area contributed by atoms with Gasteiger partial charge in [0.2, 0.25) is 0 Å². The average Bonchev–Trinajstić information content (AvgIpc) is 2.37.